The highest BCUT2D eigenvalue weighted by atomic mass is 35.5. The average molecular weight is 318 g/mol. The molecule has 0 saturated carbocycles. The Labute approximate surface area is 128 Å². The van der Waals surface area contributed by atoms with Crippen molar-refractivity contribution in [1.82, 2.24) is 4.98 Å². The first-order chi connectivity index (χ1) is 9.17. The minimum Gasteiger partial charge on any atom is -0.381 e. The van der Waals surface area contributed by atoms with Gasteiger partial charge in [0, 0.05) is 18.1 Å². The maximum atomic E-state index is 12.3. The summed E-state index contributed by atoms with van der Waals surface area (Å²) in [5.74, 6) is -0.123. The number of hydrogen-bond acceptors (Lipinski definition) is 5. The van der Waals surface area contributed by atoms with Crippen LogP contribution in [0.5, 0.6) is 0 Å². The molecule has 2 heterocycles. The summed E-state index contributed by atoms with van der Waals surface area (Å²) in [5, 5.41) is 3.60. The molecule has 2 aliphatic rings. The number of anilines is 1. The number of halogens is 1. The van der Waals surface area contributed by atoms with Crippen LogP contribution >= 0.6 is 23.7 Å². The summed E-state index contributed by atoms with van der Waals surface area (Å²) in [4.78, 5) is 18.1. The Morgan fingerprint density at radius 3 is 2.70 bits per heavy atom. The van der Waals surface area contributed by atoms with Crippen molar-refractivity contribution in [2.75, 3.05) is 18.5 Å². The summed E-state index contributed by atoms with van der Waals surface area (Å²) in [7, 11) is 0. The third-order valence-corrected chi connectivity index (χ3v) is 4.98. The molecule has 0 unspecified atom stereocenters. The summed E-state index contributed by atoms with van der Waals surface area (Å²) in [5.41, 5.74) is 6.51. The minimum atomic E-state index is -0.801. The third-order valence-electron chi connectivity index (χ3n) is 3.90. The van der Waals surface area contributed by atoms with Gasteiger partial charge in [-0.25, -0.2) is 4.98 Å². The van der Waals surface area contributed by atoms with Crippen LogP contribution in [0.2, 0.25) is 0 Å². The van der Waals surface area contributed by atoms with Gasteiger partial charge in [-0.2, -0.15) is 0 Å². The number of nitrogens with two attached hydrogens (primary N) is 1. The second-order valence-electron chi connectivity index (χ2n) is 5.32. The van der Waals surface area contributed by atoms with Crippen LogP contribution in [0.3, 0.4) is 0 Å². The molecule has 112 valence electrons. The molecule has 1 aliphatic heterocycles. The number of aryl methyl sites for hydroxylation is 2. The van der Waals surface area contributed by atoms with Gasteiger partial charge in [0.05, 0.1) is 5.69 Å². The molecular weight excluding hydrogens is 298 g/mol. The van der Waals surface area contributed by atoms with E-state index in [9.17, 15) is 4.79 Å². The standard InChI is InChI=1S/C13H19N3O2S.ClH/c14-13(5-7-18-8-6-13)11(17)16-12-15-9-3-1-2-4-10(9)19-12;/h1-8,14H2,(H,15,16,17);1H. The van der Waals surface area contributed by atoms with Crippen LogP contribution in [-0.2, 0) is 22.4 Å². The molecule has 0 atom stereocenters. The Hall–Kier alpha value is -0.690. The van der Waals surface area contributed by atoms with Gasteiger partial charge in [0.15, 0.2) is 5.13 Å². The van der Waals surface area contributed by atoms with E-state index in [0.29, 0.717) is 31.2 Å². The molecule has 7 heteroatoms. The SMILES string of the molecule is Cl.NC1(C(=O)Nc2nc3c(s2)CCCC3)CCOCC1. The van der Waals surface area contributed by atoms with Gasteiger partial charge in [-0.1, -0.05) is 0 Å². The molecule has 1 saturated heterocycles. The molecule has 3 rings (SSSR count). The summed E-state index contributed by atoms with van der Waals surface area (Å²) >= 11 is 1.60. The van der Waals surface area contributed by atoms with Gasteiger partial charge in [-0.15, -0.1) is 23.7 Å². The number of rotatable bonds is 2. The molecule has 0 bridgehead atoms. The van der Waals surface area contributed by atoms with E-state index in [0.717, 1.165) is 18.5 Å². The summed E-state index contributed by atoms with van der Waals surface area (Å²) in [6, 6.07) is 0. The van der Waals surface area contributed by atoms with Crippen molar-refractivity contribution in [2.24, 2.45) is 5.73 Å². The van der Waals surface area contributed by atoms with Gasteiger partial charge in [-0.3, -0.25) is 4.79 Å². The Bertz CT molecular complexity index is 462. The number of hydrogen-bond donors (Lipinski definition) is 2. The Morgan fingerprint density at radius 1 is 1.30 bits per heavy atom. The maximum absolute atomic E-state index is 12.3. The molecule has 0 spiro atoms. The van der Waals surface area contributed by atoms with E-state index in [1.54, 1.807) is 11.3 Å². The molecule has 20 heavy (non-hydrogen) atoms. The first-order valence-electron chi connectivity index (χ1n) is 6.84. The van der Waals surface area contributed by atoms with Crippen molar-refractivity contribution in [2.45, 2.75) is 44.1 Å². The van der Waals surface area contributed by atoms with Crippen LogP contribution in [0.25, 0.3) is 0 Å². The van der Waals surface area contributed by atoms with E-state index < -0.39 is 5.54 Å². The van der Waals surface area contributed by atoms with E-state index in [1.807, 2.05) is 0 Å². The first kappa shape index (κ1) is 15.7. The van der Waals surface area contributed by atoms with Crippen molar-refractivity contribution >= 4 is 34.8 Å². The predicted octanol–water partition coefficient (Wildman–Crippen LogP) is 1.89. The number of nitrogens with one attached hydrogen (secondary N) is 1. The fourth-order valence-electron chi connectivity index (χ4n) is 2.59. The third kappa shape index (κ3) is 3.14. The van der Waals surface area contributed by atoms with E-state index in [4.69, 9.17) is 10.5 Å². The van der Waals surface area contributed by atoms with Crippen LogP contribution in [0.15, 0.2) is 0 Å². The number of amides is 1. The molecule has 1 fully saturated rings. The fraction of sp³-hybridized carbons (Fsp3) is 0.692. The number of aromatic nitrogens is 1. The zero-order valence-electron chi connectivity index (χ0n) is 11.3. The number of carbonyl (C=O) groups is 1. The summed E-state index contributed by atoms with van der Waals surface area (Å²) < 4.78 is 5.26. The molecule has 1 aromatic rings. The lowest BCUT2D eigenvalue weighted by Crippen LogP contribution is -2.54. The van der Waals surface area contributed by atoms with E-state index in [1.165, 1.54) is 17.7 Å². The summed E-state index contributed by atoms with van der Waals surface area (Å²) in [6.07, 6.45) is 5.69. The maximum Gasteiger partial charge on any atom is 0.246 e. The number of carbonyl (C=O) groups excluding carboxylic acids is 1. The molecule has 1 amide bonds. The zero-order valence-corrected chi connectivity index (χ0v) is 12.9. The number of nitrogens with zero attached hydrogens (tertiary/aromatic N) is 1. The van der Waals surface area contributed by atoms with Crippen LogP contribution < -0.4 is 11.1 Å². The van der Waals surface area contributed by atoms with Crippen molar-refractivity contribution in [3.63, 3.8) is 0 Å². The molecule has 1 aliphatic carbocycles. The number of ether oxygens (including phenoxy) is 1. The quantitative estimate of drug-likeness (QED) is 0.873. The topological polar surface area (TPSA) is 77.2 Å². The molecular formula is C13H20ClN3O2S. The van der Waals surface area contributed by atoms with E-state index in [2.05, 4.69) is 10.3 Å². The normalized spacial score (nSPS) is 20.6. The highest BCUT2D eigenvalue weighted by molar-refractivity contribution is 7.15. The molecule has 0 radical (unpaired) electrons. The second-order valence-corrected chi connectivity index (χ2v) is 6.40. The van der Waals surface area contributed by atoms with E-state index in [-0.39, 0.29) is 18.3 Å². The van der Waals surface area contributed by atoms with Crippen LogP contribution in [0, 0.1) is 0 Å². The first-order valence-corrected chi connectivity index (χ1v) is 7.66. The van der Waals surface area contributed by atoms with Crippen molar-refractivity contribution in [1.29, 1.82) is 0 Å². The van der Waals surface area contributed by atoms with E-state index >= 15 is 0 Å². The van der Waals surface area contributed by atoms with Gasteiger partial charge >= 0.3 is 0 Å². The predicted molar refractivity (Wildman–Crippen MR) is 81.6 cm³/mol. The van der Waals surface area contributed by atoms with Gasteiger partial charge in [-0.05, 0) is 38.5 Å². The zero-order chi connectivity index (χ0) is 13.3. The molecule has 1 aromatic heterocycles. The highest BCUT2D eigenvalue weighted by Gasteiger charge is 2.36. The lowest BCUT2D eigenvalue weighted by molar-refractivity contribution is -0.124. The minimum absolute atomic E-state index is 0. The van der Waals surface area contributed by atoms with Gasteiger partial charge < -0.3 is 15.8 Å². The number of thiazole rings is 1. The van der Waals surface area contributed by atoms with Crippen molar-refractivity contribution in [3.05, 3.63) is 10.6 Å². The van der Waals surface area contributed by atoms with Crippen LogP contribution in [0.1, 0.15) is 36.3 Å². The van der Waals surface area contributed by atoms with Gasteiger partial charge in [0.1, 0.15) is 5.54 Å². The molecule has 5 nitrogen and oxygen atoms in total. The Kier molecular flexibility index (Phi) is 5.01. The van der Waals surface area contributed by atoms with Gasteiger partial charge in [0.2, 0.25) is 5.91 Å². The summed E-state index contributed by atoms with van der Waals surface area (Å²) in [6.45, 7) is 1.11. The van der Waals surface area contributed by atoms with Gasteiger partial charge in [0.25, 0.3) is 0 Å². The van der Waals surface area contributed by atoms with Crippen LogP contribution in [-0.4, -0.2) is 29.6 Å². The Morgan fingerprint density at radius 2 is 2.00 bits per heavy atom. The van der Waals surface area contributed by atoms with Crippen molar-refractivity contribution < 1.29 is 9.53 Å². The smallest absolute Gasteiger partial charge is 0.246 e. The molecule has 3 N–H and O–H groups in total. The lowest BCUT2D eigenvalue weighted by Gasteiger charge is -2.31. The van der Waals surface area contributed by atoms with Crippen molar-refractivity contribution in [3.8, 4) is 0 Å². The fourth-order valence-corrected chi connectivity index (χ4v) is 3.63. The molecule has 0 aromatic carbocycles. The lowest BCUT2D eigenvalue weighted by atomic mass is 9.90. The number of fused-ring (bicyclic) bond motifs is 1. The second kappa shape index (κ2) is 6.39. The largest absolute Gasteiger partial charge is 0.381 e. The van der Waals surface area contributed by atoms with Crippen LogP contribution in [0.4, 0.5) is 5.13 Å². The monoisotopic (exact) mass is 317 g/mol. The highest BCUT2D eigenvalue weighted by Crippen LogP contribution is 2.30. The Balaban J connectivity index is 0.00000147. The average Bonchev–Trinajstić information content (AvgIpc) is 2.81.